The van der Waals surface area contributed by atoms with Crippen LogP contribution in [-0.2, 0) is 17.9 Å². The van der Waals surface area contributed by atoms with Gasteiger partial charge in [0.1, 0.15) is 5.01 Å². The normalized spacial score (nSPS) is 10.8. The molecule has 3 nitrogen and oxygen atoms in total. The average molecular weight is 262 g/mol. The molecule has 2 aromatic rings. The highest BCUT2D eigenvalue weighted by Crippen LogP contribution is 2.28. The van der Waals surface area contributed by atoms with Crippen molar-refractivity contribution in [3.05, 3.63) is 40.2 Å². The molecule has 0 aliphatic rings. The fraction of sp³-hybridized carbons (Fsp3) is 0.357. The van der Waals surface area contributed by atoms with Gasteiger partial charge in [-0.1, -0.05) is 37.3 Å². The Balaban J connectivity index is 2.19. The zero-order chi connectivity index (χ0) is 12.8. The van der Waals surface area contributed by atoms with Crippen molar-refractivity contribution in [1.82, 2.24) is 4.98 Å². The molecular weight excluding hydrogens is 244 g/mol. The van der Waals surface area contributed by atoms with Crippen LogP contribution >= 0.6 is 11.3 Å². The van der Waals surface area contributed by atoms with Crippen LogP contribution in [0.2, 0.25) is 0 Å². The Morgan fingerprint density at radius 3 is 2.72 bits per heavy atom. The SMILES string of the molecule is CCCOCc1nc(-c2ccccc2)c(CN)s1. The summed E-state index contributed by atoms with van der Waals surface area (Å²) in [4.78, 5) is 5.76. The molecule has 1 heterocycles. The minimum absolute atomic E-state index is 0.523. The predicted molar refractivity (Wildman–Crippen MR) is 75.4 cm³/mol. The van der Waals surface area contributed by atoms with Crippen LogP contribution in [0.25, 0.3) is 11.3 Å². The van der Waals surface area contributed by atoms with Gasteiger partial charge in [-0.15, -0.1) is 11.3 Å². The Bertz CT molecular complexity index is 482. The summed E-state index contributed by atoms with van der Waals surface area (Å²) in [6.45, 7) is 3.98. The number of thiazole rings is 1. The molecule has 0 fully saturated rings. The number of benzene rings is 1. The monoisotopic (exact) mass is 262 g/mol. The van der Waals surface area contributed by atoms with Crippen molar-refractivity contribution in [2.45, 2.75) is 26.5 Å². The molecule has 0 radical (unpaired) electrons. The summed E-state index contributed by atoms with van der Waals surface area (Å²) < 4.78 is 5.52. The Morgan fingerprint density at radius 2 is 2.06 bits per heavy atom. The standard InChI is InChI=1S/C14H18N2OS/c1-2-8-17-10-13-16-14(12(9-15)18-13)11-6-4-3-5-7-11/h3-7H,2,8-10,15H2,1H3. The van der Waals surface area contributed by atoms with Crippen LogP contribution in [0, 0.1) is 0 Å². The lowest BCUT2D eigenvalue weighted by Crippen LogP contribution is -1.95. The molecule has 96 valence electrons. The van der Waals surface area contributed by atoms with Gasteiger partial charge < -0.3 is 10.5 Å². The highest BCUT2D eigenvalue weighted by atomic mass is 32.1. The number of hydrogen-bond donors (Lipinski definition) is 1. The minimum atomic E-state index is 0.523. The molecule has 2 N–H and O–H groups in total. The second kappa shape index (κ2) is 6.64. The van der Waals surface area contributed by atoms with Gasteiger partial charge in [-0.2, -0.15) is 0 Å². The lowest BCUT2D eigenvalue weighted by molar-refractivity contribution is 0.121. The quantitative estimate of drug-likeness (QED) is 0.813. The van der Waals surface area contributed by atoms with Crippen molar-refractivity contribution in [2.75, 3.05) is 6.61 Å². The third-order valence-corrected chi connectivity index (χ3v) is 3.60. The van der Waals surface area contributed by atoms with Gasteiger partial charge in [0.15, 0.2) is 0 Å². The lowest BCUT2D eigenvalue weighted by Gasteiger charge is -1.99. The molecular formula is C14H18N2OS. The van der Waals surface area contributed by atoms with Crippen molar-refractivity contribution in [1.29, 1.82) is 0 Å². The molecule has 0 bridgehead atoms. The number of aromatic nitrogens is 1. The molecule has 1 aromatic heterocycles. The van der Waals surface area contributed by atoms with E-state index in [4.69, 9.17) is 10.5 Å². The summed E-state index contributed by atoms with van der Waals surface area (Å²) in [5.41, 5.74) is 7.91. The van der Waals surface area contributed by atoms with Crippen LogP contribution in [0.1, 0.15) is 23.2 Å². The van der Waals surface area contributed by atoms with E-state index in [1.165, 1.54) is 0 Å². The largest absolute Gasteiger partial charge is 0.374 e. The van der Waals surface area contributed by atoms with Crippen molar-refractivity contribution in [3.63, 3.8) is 0 Å². The van der Waals surface area contributed by atoms with Crippen LogP contribution in [0.4, 0.5) is 0 Å². The molecule has 0 aliphatic carbocycles. The van der Waals surface area contributed by atoms with Crippen LogP contribution in [0.15, 0.2) is 30.3 Å². The lowest BCUT2D eigenvalue weighted by atomic mass is 10.1. The van der Waals surface area contributed by atoms with E-state index in [0.717, 1.165) is 34.2 Å². The third-order valence-electron chi connectivity index (χ3n) is 2.55. The topological polar surface area (TPSA) is 48.1 Å². The number of rotatable bonds is 6. The second-order valence-electron chi connectivity index (χ2n) is 4.00. The molecule has 0 saturated heterocycles. The highest BCUT2D eigenvalue weighted by Gasteiger charge is 2.11. The van der Waals surface area contributed by atoms with Crippen LogP contribution in [0.5, 0.6) is 0 Å². The van der Waals surface area contributed by atoms with E-state index in [2.05, 4.69) is 24.0 Å². The maximum Gasteiger partial charge on any atom is 0.119 e. The Labute approximate surface area is 112 Å². The van der Waals surface area contributed by atoms with E-state index in [1.807, 2.05) is 18.2 Å². The number of nitrogens with two attached hydrogens (primary N) is 1. The Morgan fingerprint density at radius 1 is 1.28 bits per heavy atom. The smallest absolute Gasteiger partial charge is 0.119 e. The molecule has 0 atom stereocenters. The molecule has 0 unspecified atom stereocenters. The van der Waals surface area contributed by atoms with Gasteiger partial charge in [0.05, 0.1) is 12.3 Å². The van der Waals surface area contributed by atoms with Crippen LogP contribution in [-0.4, -0.2) is 11.6 Å². The molecule has 0 aliphatic heterocycles. The van der Waals surface area contributed by atoms with E-state index < -0.39 is 0 Å². The highest BCUT2D eigenvalue weighted by molar-refractivity contribution is 7.12. The summed E-state index contributed by atoms with van der Waals surface area (Å²) in [5.74, 6) is 0. The van der Waals surface area contributed by atoms with Crippen molar-refractivity contribution in [3.8, 4) is 11.3 Å². The van der Waals surface area contributed by atoms with Gasteiger partial charge in [-0.05, 0) is 6.42 Å². The van der Waals surface area contributed by atoms with Crippen molar-refractivity contribution >= 4 is 11.3 Å². The summed E-state index contributed by atoms with van der Waals surface area (Å²) in [5, 5.41) is 1.00. The molecule has 2 rings (SSSR count). The summed E-state index contributed by atoms with van der Waals surface area (Å²) in [6, 6.07) is 10.2. The van der Waals surface area contributed by atoms with E-state index in [0.29, 0.717) is 13.2 Å². The molecule has 0 spiro atoms. The maximum absolute atomic E-state index is 5.79. The van der Waals surface area contributed by atoms with Crippen LogP contribution in [0.3, 0.4) is 0 Å². The first-order valence-electron chi connectivity index (χ1n) is 6.17. The van der Waals surface area contributed by atoms with Crippen molar-refractivity contribution < 1.29 is 4.74 Å². The Hall–Kier alpha value is -1.23. The Kier molecular flexibility index (Phi) is 4.87. The maximum atomic E-state index is 5.79. The number of ether oxygens (including phenoxy) is 1. The zero-order valence-electron chi connectivity index (χ0n) is 10.6. The summed E-state index contributed by atoms with van der Waals surface area (Å²) in [7, 11) is 0. The zero-order valence-corrected chi connectivity index (χ0v) is 11.4. The summed E-state index contributed by atoms with van der Waals surface area (Å²) in [6.07, 6.45) is 1.03. The summed E-state index contributed by atoms with van der Waals surface area (Å²) >= 11 is 1.64. The van der Waals surface area contributed by atoms with E-state index >= 15 is 0 Å². The first-order valence-corrected chi connectivity index (χ1v) is 6.98. The van der Waals surface area contributed by atoms with E-state index in [1.54, 1.807) is 11.3 Å². The van der Waals surface area contributed by atoms with Gasteiger partial charge in [-0.25, -0.2) is 4.98 Å². The molecule has 4 heteroatoms. The third kappa shape index (κ3) is 3.16. The first-order chi connectivity index (χ1) is 8.85. The first kappa shape index (κ1) is 13.2. The average Bonchev–Trinajstić information content (AvgIpc) is 2.83. The number of hydrogen-bond acceptors (Lipinski definition) is 4. The molecule has 1 aromatic carbocycles. The number of nitrogens with zero attached hydrogens (tertiary/aromatic N) is 1. The molecule has 0 saturated carbocycles. The van der Waals surface area contributed by atoms with Crippen molar-refractivity contribution in [2.24, 2.45) is 5.73 Å². The fourth-order valence-corrected chi connectivity index (χ4v) is 2.63. The van der Waals surface area contributed by atoms with Gasteiger partial charge in [0.25, 0.3) is 0 Å². The predicted octanol–water partition coefficient (Wildman–Crippen LogP) is 3.20. The minimum Gasteiger partial charge on any atom is -0.374 e. The molecule has 18 heavy (non-hydrogen) atoms. The molecule has 0 amide bonds. The van der Waals surface area contributed by atoms with Crippen LogP contribution < -0.4 is 5.73 Å². The van der Waals surface area contributed by atoms with Gasteiger partial charge >= 0.3 is 0 Å². The van der Waals surface area contributed by atoms with E-state index in [-0.39, 0.29) is 0 Å². The van der Waals surface area contributed by atoms with E-state index in [9.17, 15) is 0 Å². The van der Waals surface area contributed by atoms with Gasteiger partial charge in [0.2, 0.25) is 0 Å². The van der Waals surface area contributed by atoms with Gasteiger partial charge in [0, 0.05) is 23.6 Å². The van der Waals surface area contributed by atoms with Gasteiger partial charge in [-0.3, -0.25) is 0 Å². The fourth-order valence-electron chi connectivity index (χ4n) is 1.73. The second-order valence-corrected chi connectivity index (χ2v) is 5.17.